The number of hydrogen-bond acceptors (Lipinski definition) is 3. The molecule has 0 radical (unpaired) electrons. The van der Waals surface area contributed by atoms with Gasteiger partial charge in [0.05, 0.1) is 6.61 Å². The summed E-state index contributed by atoms with van der Waals surface area (Å²) in [7, 11) is 1.82. The summed E-state index contributed by atoms with van der Waals surface area (Å²) < 4.78 is 5.49. The smallest absolute Gasteiger partial charge is 0.213 e. The summed E-state index contributed by atoms with van der Waals surface area (Å²) in [5.74, 6) is 1.56. The van der Waals surface area contributed by atoms with E-state index in [-0.39, 0.29) is 24.0 Å². The molecule has 1 heterocycles. The number of rotatable bonds is 6. The van der Waals surface area contributed by atoms with Gasteiger partial charge >= 0.3 is 0 Å². The number of ether oxygens (including phenoxy) is 1. The zero-order valence-corrected chi connectivity index (χ0v) is 16.5. The fourth-order valence-corrected chi connectivity index (χ4v) is 2.63. The molecule has 1 saturated carbocycles. The van der Waals surface area contributed by atoms with Gasteiger partial charge in [0, 0.05) is 31.9 Å². The maximum absolute atomic E-state index is 5.49. The highest BCUT2D eigenvalue weighted by atomic mass is 127. The minimum atomic E-state index is 0. The highest BCUT2D eigenvalue weighted by Crippen LogP contribution is 2.17. The largest absolute Gasteiger partial charge is 0.478 e. The molecule has 23 heavy (non-hydrogen) atoms. The summed E-state index contributed by atoms with van der Waals surface area (Å²) in [6, 6.07) is 4.52. The van der Waals surface area contributed by atoms with Gasteiger partial charge in [0.25, 0.3) is 0 Å². The van der Waals surface area contributed by atoms with Crippen LogP contribution < -0.4 is 15.4 Å². The zero-order valence-electron chi connectivity index (χ0n) is 14.2. The molecule has 1 fully saturated rings. The van der Waals surface area contributed by atoms with E-state index in [0.29, 0.717) is 25.1 Å². The molecule has 0 amide bonds. The van der Waals surface area contributed by atoms with Crippen LogP contribution in [0, 0.1) is 0 Å². The Morgan fingerprint density at radius 3 is 2.70 bits per heavy atom. The van der Waals surface area contributed by atoms with Crippen LogP contribution in [0.4, 0.5) is 0 Å². The highest BCUT2D eigenvalue weighted by Gasteiger charge is 2.14. The van der Waals surface area contributed by atoms with Crippen LogP contribution in [0.15, 0.2) is 23.3 Å². The maximum atomic E-state index is 5.49. The Morgan fingerprint density at radius 1 is 1.30 bits per heavy atom. The fourth-order valence-electron chi connectivity index (χ4n) is 2.63. The molecule has 1 aromatic heterocycles. The Kier molecular flexibility index (Phi) is 9.98. The Hall–Kier alpha value is -1.05. The van der Waals surface area contributed by atoms with E-state index in [9.17, 15) is 0 Å². The molecular weight excluding hydrogens is 403 g/mol. The van der Waals surface area contributed by atoms with Crippen molar-refractivity contribution in [3.8, 4) is 5.88 Å². The molecule has 0 atom stereocenters. The Labute approximate surface area is 156 Å². The molecule has 0 spiro atoms. The first-order chi connectivity index (χ1) is 10.8. The van der Waals surface area contributed by atoms with Crippen molar-refractivity contribution >= 4 is 29.9 Å². The maximum Gasteiger partial charge on any atom is 0.213 e. The van der Waals surface area contributed by atoms with Crippen LogP contribution in [0.2, 0.25) is 0 Å². The summed E-state index contributed by atoms with van der Waals surface area (Å²) in [5, 5.41) is 6.86. The van der Waals surface area contributed by atoms with Crippen molar-refractivity contribution in [1.82, 2.24) is 15.6 Å². The molecule has 2 rings (SSSR count). The number of aliphatic imine (C=N–C) groups is 1. The first kappa shape index (κ1) is 20.0. The van der Waals surface area contributed by atoms with Crippen molar-refractivity contribution in [2.75, 3.05) is 13.7 Å². The topological polar surface area (TPSA) is 58.5 Å². The van der Waals surface area contributed by atoms with Gasteiger partial charge < -0.3 is 15.4 Å². The van der Waals surface area contributed by atoms with Crippen LogP contribution in [-0.4, -0.2) is 30.6 Å². The number of pyridine rings is 1. The first-order valence-electron chi connectivity index (χ1n) is 8.36. The Balaban J connectivity index is 0.00000264. The molecule has 1 aliphatic rings. The third-order valence-electron chi connectivity index (χ3n) is 3.88. The van der Waals surface area contributed by atoms with E-state index < -0.39 is 0 Å². The van der Waals surface area contributed by atoms with E-state index in [2.05, 4.69) is 27.5 Å². The summed E-state index contributed by atoms with van der Waals surface area (Å²) in [5.41, 5.74) is 1.12. The summed E-state index contributed by atoms with van der Waals surface area (Å²) in [6.07, 6.45) is 9.33. The van der Waals surface area contributed by atoms with Gasteiger partial charge in [-0.25, -0.2) is 4.98 Å². The normalized spacial score (nSPS) is 15.7. The van der Waals surface area contributed by atoms with Crippen molar-refractivity contribution in [2.24, 2.45) is 4.99 Å². The molecule has 0 bridgehead atoms. The van der Waals surface area contributed by atoms with Crippen LogP contribution in [0.1, 0.15) is 51.0 Å². The van der Waals surface area contributed by atoms with Gasteiger partial charge in [0.15, 0.2) is 5.96 Å². The van der Waals surface area contributed by atoms with Crippen molar-refractivity contribution in [3.05, 3.63) is 23.9 Å². The van der Waals surface area contributed by atoms with Gasteiger partial charge in [-0.15, -0.1) is 24.0 Å². The summed E-state index contributed by atoms with van der Waals surface area (Å²) >= 11 is 0. The van der Waals surface area contributed by atoms with Gasteiger partial charge in [0.1, 0.15) is 0 Å². The zero-order chi connectivity index (χ0) is 15.6. The van der Waals surface area contributed by atoms with Gasteiger partial charge in [0.2, 0.25) is 5.88 Å². The minimum Gasteiger partial charge on any atom is -0.478 e. The Morgan fingerprint density at radius 2 is 2.09 bits per heavy atom. The number of aromatic nitrogens is 1. The molecule has 0 aliphatic heterocycles. The van der Waals surface area contributed by atoms with Gasteiger partial charge in [-0.2, -0.15) is 0 Å². The molecule has 0 unspecified atom stereocenters. The summed E-state index contributed by atoms with van der Waals surface area (Å²) in [6.45, 7) is 3.51. The number of guanidine groups is 1. The van der Waals surface area contributed by atoms with E-state index in [1.807, 2.05) is 25.4 Å². The first-order valence-corrected chi connectivity index (χ1v) is 8.36. The van der Waals surface area contributed by atoms with E-state index >= 15 is 0 Å². The highest BCUT2D eigenvalue weighted by molar-refractivity contribution is 14.0. The number of hydrogen-bond donors (Lipinski definition) is 2. The van der Waals surface area contributed by atoms with E-state index in [4.69, 9.17) is 4.74 Å². The van der Waals surface area contributed by atoms with E-state index in [0.717, 1.165) is 17.9 Å². The molecular formula is C17H29IN4O. The number of nitrogens with one attached hydrogen (secondary N) is 2. The average molecular weight is 432 g/mol. The van der Waals surface area contributed by atoms with Crippen LogP contribution >= 0.6 is 24.0 Å². The quantitative estimate of drug-likeness (QED) is 0.411. The number of halogens is 1. The van der Waals surface area contributed by atoms with Gasteiger partial charge in [-0.1, -0.05) is 32.3 Å². The molecule has 6 heteroatoms. The number of nitrogens with zero attached hydrogens (tertiary/aromatic N) is 2. The summed E-state index contributed by atoms with van der Waals surface area (Å²) in [4.78, 5) is 8.62. The Bertz CT molecular complexity index is 458. The van der Waals surface area contributed by atoms with Crippen LogP contribution in [-0.2, 0) is 6.54 Å². The standard InChI is InChI=1S/C17H28N4O.HI/c1-3-11-22-16-10-9-14(12-19-16)13-20-17(18-2)21-15-7-5-4-6-8-15;/h9-10,12,15H,3-8,11,13H2,1-2H3,(H2,18,20,21);1H. The monoisotopic (exact) mass is 432 g/mol. The lowest BCUT2D eigenvalue weighted by Crippen LogP contribution is -2.43. The SMILES string of the molecule is CCCOc1ccc(CNC(=NC)NC2CCCCC2)cn1.I. The van der Waals surface area contributed by atoms with Crippen LogP contribution in [0.5, 0.6) is 5.88 Å². The van der Waals surface area contributed by atoms with E-state index in [1.54, 1.807) is 0 Å². The second-order valence-electron chi connectivity index (χ2n) is 5.76. The van der Waals surface area contributed by atoms with E-state index in [1.165, 1.54) is 32.1 Å². The third kappa shape index (κ3) is 7.37. The predicted octanol–water partition coefficient (Wildman–Crippen LogP) is 3.49. The van der Waals surface area contributed by atoms with Gasteiger partial charge in [-0.05, 0) is 24.8 Å². The molecule has 0 aromatic carbocycles. The van der Waals surface area contributed by atoms with Gasteiger partial charge in [-0.3, -0.25) is 4.99 Å². The molecule has 130 valence electrons. The van der Waals surface area contributed by atoms with Crippen molar-refractivity contribution < 1.29 is 4.74 Å². The average Bonchev–Trinajstić information content (AvgIpc) is 2.58. The lowest BCUT2D eigenvalue weighted by atomic mass is 9.96. The minimum absolute atomic E-state index is 0. The molecule has 5 nitrogen and oxygen atoms in total. The lowest BCUT2D eigenvalue weighted by Gasteiger charge is -2.24. The molecule has 1 aromatic rings. The molecule has 1 aliphatic carbocycles. The molecule has 0 saturated heterocycles. The fraction of sp³-hybridized carbons (Fsp3) is 0.647. The third-order valence-corrected chi connectivity index (χ3v) is 3.88. The van der Waals surface area contributed by atoms with Crippen molar-refractivity contribution in [3.63, 3.8) is 0 Å². The second-order valence-corrected chi connectivity index (χ2v) is 5.76. The lowest BCUT2D eigenvalue weighted by molar-refractivity contribution is 0.305. The van der Waals surface area contributed by atoms with Crippen molar-refractivity contribution in [1.29, 1.82) is 0 Å². The van der Waals surface area contributed by atoms with Crippen LogP contribution in [0.3, 0.4) is 0 Å². The molecule has 2 N–H and O–H groups in total. The predicted molar refractivity (Wildman–Crippen MR) is 106 cm³/mol. The van der Waals surface area contributed by atoms with Crippen molar-refractivity contribution in [2.45, 2.75) is 58.0 Å². The van der Waals surface area contributed by atoms with Crippen LogP contribution in [0.25, 0.3) is 0 Å². The second kappa shape index (κ2) is 11.5.